The molecular formula is C23H22N4O3S. The number of aryl methyl sites for hydroxylation is 1. The van der Waals surface area contributed by atoms with Gasteiger partial charge in [0.25, 0.3) is 0 Å². The van der Waals surface area contributed by atoms with Crippen LogP contribution < -0.4 is 5.32 Å². The Balaban J connectivity index is 1.33. The smallest absolute Gasteiger partial charge is 0.245 e. The third-order valence-electron chi connectivity index (χ3n) is 5.36. The van der Waals surface area contributed by atoms with Gasteiger partial charge in [0.05, 0.1) is 30.2 Å². The monoisotopic (exact) mass is 434 g/mol. The molecule has 4 heterocycles. The molecule has 0 aromatic carbocycles. The number of amides is 2. The van der Waals surface area contributed by atoms with Crippen LogP contribution in [0.25, 0.3) is 6.08 Å². The van der Waals surface area contributed by atoms with Crippen LogP contribution in [0.4, 0.5) is 0 Å². The Morgan fingerprint density at radius 3 is 3.03 bits per heavy atom. The molecule has 2 atom stereocenters. The molecule has 8 heteroatoms. The van der Waals surface area contributed by atoms with Gasteiger partial charge in [-0.15, -0.1) is 11.8 Å². The van der Waals surface area contributed by atoms with Gasteiger partial charge in [-0.25, -0.2) is 0 Å². The molecule has 1 N–H and O–H groups in total. The van der Waals surface area contributed by atoms with E-state index >= 15 is 0 Å². The van der Waals surface area contributed by atoms with Gasteiger partial charge in [-0.1, -0.05) is 6.07 Å². The molecule has 2 unspecified atom stereocenters. The molecule has 0 fully saturated rings. The molecular weight excluding hydrogens is 412 g/mol. The summed E-state index contributed by atoms with van der Waals surface area (Å²) in [5, 5.41) is 12.2. The summed E-state index contributed by atoms with van der Waals surface area (Å²) in [5.41, 5.74) is 2.09. The third kappa shape index (κ3) is 5.06. The van der Waals surface area contributed by atoms with Crippen molar-refractivity contribution >= 4 is 29.7 Å². The fraction of sp³-hybridized carbons (Fsp3) is 0.304. The highest BCUT2D eigenvalue weighted by molar-refractivity contribution is 8.04. The van der Waals surface area contributed by atoms with Crippen LogP contribution in [0.3, 0.4) is 0 Å². The minimum absolute atomic E-state index is 0.0957. The third-order valence-corrected chi connectivity index (χ3v) is 6.68. The molecule has 0 radical (unpaired) electrons. The van der Waals surface area contributed by atoms with E-state index in [1.165, 1.54) is 24.1 Å². The number of hydrogen-bond acceptors (Lipinski definition) is 6. The van der Waals surface area contributed by atoms with E-state index in [-0.39, 0.29) is 23.1 Å². The molecule has 2 aromatic rings. The van der Waals surface area contributed by atoms with Gasteiger partial charge in [0.2, 0.25) is 11.8 Å². The number of pyridine rings is 1. The van der Waals surface area contributed by atoms with E-state index < -0.39 is 0 Å². The molecule has 2 aliphatic heterocycles. The average Bonchev–Trinajstić information content (AvgIpc) is 3.43. The number of furan rings is 1. The van der Waals surface area contributed by atoms with Gasteiger partial charge in [-0.3, -0.25) is 14.6 Å². The minimum Gasteiger partial charge on any atom is -0.465 e. The summed E-state index contributed by atoms with van der Waals surface area (Å²) >= 11 is 1.48. The maximum Gasteiger partial charge on any atom is 0.245 e. The van der Waals surface area contributed by atoms with Gasteiger partial charge in [-0.05, 0) is 48.3 Å². The van der Waals surface area contributed by atoms with Gasteiger partial charge in [0.15, 0.2) is 0 Å². The van der Waals surface area contributed by atoms with Gasteiger partial charge in [0.1, 0.15) is 5.76 Å². The van der Waals surface area contributed by atoms with E-state index in [4.69, 9.17) is 4.42 Å². The second-order valence-electron chi connectivity index (χ2n) is 7.38. The predicted octanol–water partition coefficient (Wildman–Crippen LogP) is 3.14. The largest absolute Gasteiger partial charge is 0.465 e. The molecule has 4 rings (SSSR count). The number of aromatic nitrogens is 1. The van der Waals surface area contributed by atoms with Crippen molar-refractivity contribution in [3.8, 4) is 6.07 Å². The number of nitriles is 1. The van der Waals surface area contributed by atoms with E-state index in [9.17, 15) is 14.9 Å². The van der Waals surface area contributed by atoms with Crippen molar-refractivity contribution in [2.24, 2.45) is 5.92 Å². The van der Waals surface area contributed by atoms with Crippen LogP contribution in [0.1, 0.15) is 24.2 Å². The molecule has 0 saturated heterocycles. The maximum absolute atomic E-state index is 12.7. The zero-order chi connectivity index (χ0) is 21.6. The van der Waals surface area contributed by atoms with E-state index in [2.05, 4.69) is 16.4 Å². The molecule has 2 amide bonds. The predicted molar refractivity (Wildman–Crippen MR) is 117 cm³/mol. The number of hydrogen-bond donors (Lipinski definition) is 1. The van der Waals surface area contributed by atoms with Gasteiger partial charge < -0.3 is 14.6 Å². The second kappa shape index (κ2) is 9.67. The normalized spacial score (nSPS) is 20.5. The number of nitrogens with zero attached hydrogens (tertiary/aromatic N) is 3. The quantitative estimate of drug-likeness (QED) is 0.702. The summed E-state index contributed by atoms with van der Waals surface area (Å²) in [5.74, 6) is 0.0225. The van der Waals surface area contributed by atoms with Crippen molar-refractivity contribution in [1.82, 2.24) is 15.2 Å². The maximum atomic E-state index is 12.7. The summed E-state index contributed by atoms with van der Waals surface area (Å²) in [4.78, 5) is 31.9. The van der Waals surface area contributed by atoms with Crippen LogP contribution in [-0.4, -0.2) is 40.2 Å². The lowest BCUT2D eigenvalue weighted by Gasteiger charge is -2.28. The summed E-state index contributed by atoms with van der Waals surface area (Å²) in [6.45, 7) is 1.10. The fourth-order valence-corrected chi connectivity index (χ4v) is 5.21. The molecule has 0 bridgehead atoms. The van der Waals surface area contributed by atoms with Crippen molar-refractivity contribution in [1.29, 1.82) is 5.26 Å². The zero-order valence-electron chi connectivity index (χ0n) is 16.9. The summed E-state index contributed by atoms with van der Waals surface area (Å²) < 4.78 is 5.18. The number of thioether (sulfide) groups is 1. The Hall–Kier alpha value is -3.31. The number of nitrogens with one attached hydrogen (secondary N) is 1. The Bertz CT molecular complexity index is 1040. The van der Waals surface area contributed by atoms with E-state index in [1.54, 1.807) is 30.6 Å². The lowest BCUT2D eigenvalue weighted by atomic mass is 9.94. The SMILES string of the molecule is N#CC1C2=C(CN(C(=O)CCc3cccnc3)CC2)SC1NC(=O)/C=C/c1ccco1. The Kier molecular flexibility index (Phi) is 6.53. The fourth-order valence-electron chi connectivity index (χ4n) is 3.75. The number of carbonyl (C=O) groups excluding carboxylic acids is 2. The minimum atomic E-state index is -0.381. The standard InChI is InChI=1S/C23H22N4O3S/c24-13-19-18-9-11-27(22(29)8-5-16-3-1-10-25-14-16)15-20(18)31-23(19)26-21(28)7-6-17-4-2-12-30-17/h1-4,6-7,10,12,14,19,23H,5,8-9,11,15H2,(H,26,28)/b7-6+. The second-order valence-corrected chi connectivity index (χ2v) is 8.61. The van der Waals surface area contributed by atoms with E-state index in [0.29, 0.717) is 38.1 Å². The van der Waals surface area contributed by atoms with E-state index in [1.807, 2.05) is 17.0 Å². The number of carbonyl (C=O) groups is 2. The van der Waals surface area contributed by atoms with Crippen LogP contribution in [0, 0.1) is 17.2 Å². The topological polar surface area (TPSA) is 99.2 Å². The van der Waals surface area contributed by atoms with Crippen molar-refractivity contribution in [2.45, 2.75) is 24.6 Å². The zero-order valence-corrected chi connectivity index (χ0v) is 17.7. The van der Waals surface area contributed by atoms with Crippen LogP contribution >= 0.6 is 11.8 Å². The van der Waals surface area contributed by atoms with Crippen LogP contribution in [-0.2, 0) is 16.0 Å². The van der Waals surface area contributed by atoms with Crippen molar-refractivity contribution in [2.75, 3.05) is 13.1 Å². The Morgan fingerprint density at radius 1 is 1.39 bits per heavy atom. The molecule has 2 aromatic heterocycles. The Labute approximate surface area is 184 Å². The average molecular weight is 435 g/mol. The van der Waals surface area contributed by atoms with Crippen LogP contribution in [0.5, 0.6) is 0 Å². The highest BCUT2D eigenvalue weighted by Crippen LogP contribution is 2.44. The number of rotatable bonds is 6. The highest BCUT2D eigenvalue weighted by atomic mass is 32.2. The van der Waals surface area contributed by atoms with Crippen molar-refractivity contribution < 1.29 is 14.0 Å². The molecule has 0 spiro atoms. The first kappa shape index (κ1) is 20.9. The first-order chi connectivity index (χ1) is 15.1. The molecule has 158 valence electrons. The summed E-state index contributed by atoms with van der Waals surface area (Å²) in [6, 6.07) is 9.67. The molecule has 7 nitrogen and oxygen atoms in total. The van der Waals surface area contributed by atoms with Crippen molar-refractivity contribution in [3.05, 3.63) is 70.8 Å². The highest BCUT2D eigenvalue weighted by Gasteiger charge is 2.39. The van der Waals surface area contributed by atoms with Crippen LogP contribution in [0.2, 0.25) is 0 Å². The molecule has 31 heavy (non-hydrogen) atoms. The Morgan fingerprint density at radius 2 is 2.29 bits per heavy atom. The van der Waals surface area contributed by atoms with Crippen LogP contribution in [0.15, 0.2) is 63.9 Å². The van der Waals surface area contributed by atoms with Gasteiger partial charge in [0, 0.05) is 36.3 Å². The first-order valence-electron chi connectivity index (χ1n) is 10.1. The lowest BCUT2D eigenvalue weighted by Crippen LogP contribution is -2.37. The lowest BCUT2D eigenvalue weighted by molar-refractivity contribution is -0.130. The summed E-state index contributed by atoms with van der Waals surface area (Å²) in [6.07, 6.45) is 9.77. The molecule has 0 saturated carbocycles. The first-order valence-corrected chi connectivity index (χ1v) is 11.0. The van der Waals surface area contributed by atoms with Gasteiger partial charge in [-0.2, -0.15) is 5.26 Å². The summed E-state index contributed by atoms with van der Waals surface area (Å²) in [7, 11) is 0. The molecule has 0 aliphatic carbocycles. The molecule has 2 aliphatic rings. The van der Waals surface area contributed by atoms with Gasteiger partial charge >= 0.3 is 0 Å². The van der Waals surface area contributed by atoms with Crippen molar-refractivity contribution in [3.63, 3.8) is 0 Å². The van der Waals surface area contributed by atoms with E-state index in [0.717, 1.165) is 16.0 Å².